The second-order valence-electron chi connectivity index (χ2n) is 3.47. The molecule has 1 aromatic heterocycles. The van der Waals surface area contributed by atoms with E-state index in [0.29, 0.717) is 21.7 Å². The maximum Gasteiger partial charge on any atom is 0.141 e. The summed E-state index contributed by atoms with van der Waals surface area (Å²) in [6, 6.07) is 7.49. The van der Waals surface area contributed by atoms with Crippen LogP contribution in [-0.4, -0.2) is 10.8 Å². The Morgan fingerprint density at radius 3 is 2.67 bits per heavy atom. The number of hydrogen-bond acceptors (Lipinski definition) is 3. The first-order chi connectivity index (χ1) is 8.56. The molecule has 0 amide bonds. The average Bonchev–Trinajstić information content (AvgIpc) is 2.34. The maximum absolute atomic E-state index is 13.1. The fourth-order valence-electron chi connectivity index (χ4n) is 1.30. The second kappa shape index (κ2) is 5.14. The van der Waals surface area contributed by atoms with E-state index in [1.165, 1.54) is 24.4 Å². The molecule has 0 radical (unpaired) electrons. The highest BCUT2D eigenvalue weighted by atomic mass is 79.9. The summed E-state index contributed by atoms with van der Waals surface area (Å²) in [6.07, 6.45) is 1.49. The van der Waals surface area contributed by atoms with Gasteiger partial charge in [0, 0.05) is 12.3 Å². The van der Waals surface area contributed by atoms with E-state index in [2.05, 4.69) is 20.9 Å². The zero-order chi connectivity index (χ0) is 13.1. The van der Waals surface area contributed by atoms with Crippen molar-refractivity contribution in [3.63, 3.8) is 0 Å². The third kappa shape index (κ3) is 2.84. The lowest BCUT2D eigenvalue weighted by Crippen LogP contribution is -2.12. The lowest BCUT2D eigenvalue weighted by atomic mass is 10.3. The number of hydrogen-bond donors (Lipinski definition) is 2. The summed E-state index contributed by atoms with van der Waals surface area (Å²) in [5.74, 6) is 0.458. The molecule has 0 bridgehead atoms. The van der Waals surface area contributed by atoms with Crippen molar-refractivity contribution < 1.29 is 9.13 Å². The van der Waals surface area contributed by atoms with Gasteiger partial charge in [-0.25, -0.2) is 4.39 Å². The molecule has 2 aromatic rings. The minimum absolute atomic E-state index is 0.138. The predicted molar refractivity (Wildman–Crippen MR) is 69.4 cm³/mol. The minimum Gasteiger partial charge on any atom is -0.457 e. The van der Waals surface area contributed by atoms with Gasteiger partial charge < -0.3 is 10.5 Å². The van der Waals surface area contributed by atoms with Crippen LogP contribution in [0, 0.1) is 11.2 Å². The number of halogens is 2. The van der Waals surface area contributed by atoms with Crippen LogP contribution in [0.4, 0.5) is 4.39 Å². The number of rotatable bonds is 3. The summed E-state index contributed by atoms with van der Waals surface area (Å²) >= 11 is 3.08. The molecule has 0 spiro atoms. The average molecular weight is 310 g/mol. The van der Waals surface area contributed by atoms with Gasteiger partial charge in [-0.3, -0.25) is 10.4 Å². The Labute approximate surface area is 111 Å². The molecule has 6 heteroatoms. The summed E-state index contributed by atoms with van der Waals surface area (Å²) in [5, 5.41) is 7.28. The molecule has 0 aliphatic rings. The van der Waals surface area contributed by atoms with Gasteiger partial charge in [-0.1, -0.05) is 0 Å². The fraction of sp³-hybridized carbons (Fsp3) is 0. The number of ether oxygens (including phenoxy) is 1. The van der Waals surface area contributed by atoms with E-state index in [9.17, 15) is 4.39 Å². The second-order valence-corrected chi connectivity index (χ2v) is 4.32. The Kier molecular flexibility index (Phi) is 3.57. The Balaban J connectivity index is 2.25. The molecule has 0 saturated carbocycles. The Bertz CT molecular complexity index is 604. The van der Waals surface area contributed by atoms with Crippen LogP contribution in [0.5, 0.6) is 11.5 Å². The van der Waals surface area contributed by atoms with Gasteiger partial charge in [-0.2, -0.15) is 0 Å². The smallest absolute Gasteiger partial charge is 0.141 e. The highest BCUT2D eigenvalue weighted by Crippen LogP contribution is 2.26. The highest BCUT2D eigenvalue weighted by molar-refractivity contribution is 9.10. The number of benzene rings is 1. The number of pyridine rings is 1. The molecule has 92 valence electrons. The summed E-state index contributed by atoms with van der Waals surface area (Å²) in [5.41, 5.74) is 5.66. The lowest BCUT2D eigenvalue weighted by Gasteiger charge is -2.07. The molecule has 3 N–H and O–H groups in total. The third-order valence-electron chi connectivity index (χ3n) is 2.13. The molecule has 0 unspecified atom stereocenters. The normalized spacial score (nSPS) is 10.1. The largest absolute Gasteiger partial charge is 0.457 e. The number of nitrogens with zero attached hydrogens (tertiary/aromatic N) is 1. The van der Waals surface area contributed by atoms with Gasteiger partial charge in [0.05, 0.1) is 4.47 Å². The van der Waals surface area contributed by atoms with E-state index < -0.39 is 0 Å². The quantitative estimate of drug-likeness (QED) is 0.676. The molecule has 18 heavy (non-hydrogen) atoms. The van der Waals surface area contributed by atoms with Gasteiger partial charge in [0.25, 0.3) is 0 Å². The maximum atomic E-state index is 13.1. The lowest BCUT2D eigenvalue weighted by molar-refractivity contribution is 0.479. The molecule has 0 atom stereocenters. The summed E-state index contributed by atoms with van der Waals surface area (Å²) < 4.78 is 18.9. The van der Waals surface area contributed by atoms with Crippen molar-refractivity contribution >= 4 is 21.8 Å². The predicted octanol–water partition coefficient (Wildman–Crippen LogP) is 3.06. The van der Waals surface area contributed by atoms with Gasteiger partial charge in [0.15, 0.2) is 0 Å². The van der Waals surface area contributed by atoms with Gasteiger partial charge >= 0.3 is 0 Å². The van der Waals surface area contributed by atoms with Crippen LogP contribution in [0.2, 0.25) is 0 Å². The first-order valence-corrected chi connectivity index (χ1v) is 5.79. The molecule has 0 saturated heterocycles. The molecular formula is C12H9BrFN3O. The zero-order valence-electron chi connectivity index (χ0n) is 9.15. The molecule has 0 fully saturated rings. The van der Waals surface area contributed by atoms with Crippen LogP contribution in [0.3, 0.4) is 0 Å². The van der Waals surface area contributed by atoms with Gasteiger partial charge in [-0.15, -0.1) is 0 Å². The van der Waals surface area contributed by atoms with Crippen LogP contribution in [0.1, 0.15) is 5.69 Å². The number of nitrogen functional groups attached to an aromatic ring is 1. The van der Waals surface area contributed by atoms with Crippen molar-refractivity contribution in [2.75, 3.05) is 0 Å². The van der Waals surface area contributed by atoms with Gasteiger partial charge in [0.2, 0.25) is 0 Å². The molecule has 1 heterocycles. The summed E-state index contributed by atoms with van der Waals surface area (Å²) in [4.78, 5) is 3.91. The van der Waals surface area contributed by atoms with Crippen molar-refractivity contribution in [3.8, 4) is 11.5 Å². The number of aromatic nitrogens is 1. The highest BCUT2D eigenvalue weighted by Gasteiger charge is 2.04. The van der Waals surface area contributed by atoms with Crippen LogP contribution >= 0.6 is 15.9 Å². The van der Waals surface area contributed by atoms with E-state index >= 15 is 0 Å². The number of amidine groups is 1. The topological polar surface area (TPSA) is 72.0 Å². The molecule has 2 rings (SSSR count). The Hall–Kier alpha value is -1.95. The first kappa shape index (κ1) is 12.5. The number of nitrogens with one attached hydrogen (secondary N) is 1. The zero-order valence-corrected chi connectivity index (χ0v) is 10.7. The first-order valence-electron chi connectivity index (χ1n) is 4.99. The third-order valence-corrected chi connectivity index (χ3v) is 2.74. The summed E-state index contributed by atoms with van der Waals surface area (Å²) in [6.45, 7) is 0. The minimum atomic E-state index is -0.360. The van der Waals surface area contributed by atoms with Crippen LogP contribution in [-0.2, 0) is 0 Å². The van der Waals surface area contributed by atoms with Crippen molar-refractivity contribution in [1.29, 1.82) is 5.41 Å². The van der Waals surface area contributed by atoms with Gasteiger partial charge in [0.1, 0.15) is 28.8 Å². The standard InChI is InChI=1S/C12H9BrFN3O/c13-9-5-7(1-2-10(9)14)18-8-3-4-17-11(6-8)12(15)16/h1-6H,(H3,15,16). The summed E-state index contributed by atoms with van der Waals surface area (Å²) in [7, 11) is 0. The SMILES string of the molecule is N=C(N)c1cc(Oc2ccc(F)c(Br)c2)ccn1. The van der Waals surface area contributed by atoms with Crippen LogP contribution < -0.4 is 10.5 Å². The fourth-order valence-corrected chi connectivity index (χ4v) is 1.66. The number of nitrogens with two attached hydrogens (primary N) is 1. The van der Waals surface area contributed by atoms with E-state index in [1.54, 1.807) is 12.1 Å². The molecule has 1 aromatic carbocycles. The van der Waals surface area contributed by atoms with E-state index in [1.807, 2.05) is 0 Å². The Morgan fingerprint density at radius 1 is 1.28 bits per heavy atom. The molecule has 0 aliphatic heterocycles. The monoisotopic (exact) mass is 309 g/mol. The van der Waals surface area contributed by atoms with Crippen LogP contribution in [0.15, 0.2) is 41.0 Å². The van der Waals surface area contributed by atoms with E-state index in [-0.39, 0.29) is 11.7 Å². The van der Waals surface area contributed by atoms with Crippen molar-refractivity contribution in [2.45, 2.75) is 0 Å². The Morgan fingerprint density at radius 2 is 2.00 bits per heavy atom. The van der Waals surface area contributed by atoms with Crippen molar-refractivity contribution in [3.05, 3.63) is 52.5 Å². The van der Waals surface area contributed by atoms with E-state index in [0.717, 1.165) is 0 Å². The van der Waals surface area contributed by atoms with Gasteiger partial charge in [-0.05, 0) is 40.2 Å². The molecule has 0 aliphatic carbocycles. The van der Waals surface area contributed by atoms with Crippen molar-refractivity contribution in [2.24, 2.45) is 5.73 Å². The van der Waals surface area contributed by atoms with Crippen LogP contribution in [0.25, 0.3) is 0 Å². The molecular weight excluding hydrogens is 301 g/mol. The van der Waals surface area contributed by atoms with E-state index in [4.69, 9.17) is 15.9 Å². The van der Waals surface area contributed by atoms with Crippen molar-refractivity contribution in [1.82, 2.24) is 4.98 Å². The molecule has 4 nitrogen and oxygen atoms in total.